The highest BCUT2D eigenvalue weighted by molar-refractivity contribution is 5.76. The van der Waals surface area contributed by atoms with Gasteiger partial charge in [-0.3, -0.25) is 4.79 Å². The molecule has 138 valence electrons. The van der Waals surface area contributed by atoms with Crippen molar-refractivity contribution in [2.75, 3.05) is 44.8 Å². The highest BCUT2D eigenvalue weighted by Gasteiger charge is 2.21. The minimum atomic E-state index is -0.237. The van der Waals surface area contributed by atoms with Crippen LogP contribution in [0.1, 0.15) is 6.42 Å². The van der Waals surface area contributed by atoms with Gasteiger partial charge in [-0.1, -0.05) is 0 Å². The van der Waals surface area contributed by atoms with Gasteiger partial charge in [0, 0.05) is 31.9 Å². The Morgan fingerprint density at radius 2 is 1.58 bits per heavy atom. The number of methoxy groups -OCH3 is 1. The van der Waals surface area contributed by atoms with E-state index in [4.69, 9.17) is 9.47 Å². The molecule has 2 aromatic carbocycles. The number of anilines is 1. The van der Waals surface area contributed by atoms with E-state index in [-0.39, 0.29) is 11.7 Å². The van der Waals surface area contributed by atoms with Crippen LogP contribution in [0.3, 0.4) is 0 Å². The fraction of sp³-hybridized carbons (Fsp3) is 0.350. The topological polar surface area (TPSA) is 42.0 Å². The normalized spacial score (nSPS) is 14.2. The Balaban J connectivity index is 1.41. The Morgan fingerprint density at radius 1 is 0.962 bits per heavy atom. The summed E-state index contributed by atoms with van der Waals surface area (Å²) < 4.78 is 23.7. The van der Waals surface area contributed by atoms with Crippen LogP contribution in [0.25, 0.3) is 0 Å². The summed E-state index contributed by atoms with van der Waals surface area (Å²) in [4.78, 5) is 16.4. The van der Waals surface area contributed by atoms with Crippen LogP contribution in [0.4, 0.5) is 10.1 Å². The van der Waals surface area contributed by atoms with Crippen molar-refractivity contribution < 1.29 is 18.7 Å². The summed E-state index contributed by atoms with van der Waals surface area (Å²) in [6, 6.07) is 13.8. The molecular formula is C20H23FN2O3. The number of ether oxygens (including phenoxy) is 2. The maximum atomic E-state index is 13.0. The lowest BCUT2D eigenvalue weighted by molar-refractivity contribution is -0.132. The molecule has 0 aromatic heterocycles. The van der Waals surface area contributed by atoms with Gasteiger partial charge in [0.1, 0.15) is 17.3 Å². The van der Waals surface area contributed by atoms with Gasteiger partial charge in [0.05, 0.1) is 20.1 Å². The number of carbonyl (C=O) groups is 1. The SMILES string of the molecule is COc1ccc(OCCC(=O)N2CCN(c3ccc(F)cc3)CC2)cc1. The largest absolute Gasteiger partial charge is 0.497 e. The second-order valence-electron chi connectivity index (χ2n) is 6.12. The molecule has 3 rings (SSSR count). The maximum absolute atomic E-state index is 13.0. The molecule has 5 nitrogen and oxygen atoms in total. The fourth-order valence-electron chi connectivity index (χ4n) is 2.95. The van der Waals surface area contributed by atoms with E-state index >= 15 is 0 Å². The first-order chi connectivity index (χ1) is 12.7. The van der Waals surface area contributed by atoms with Gasteiger partial charge in [0.2, 0.25) is 5.91 Å². The van der Waals surface area contributed by atoms with Crippen LogP contribution >= 0.6 is 0 Å². The van der Waals surface area contributed by atoms with Gasteiger partial charge in [-0.2, -0.15) is 0 Å². The van der Waals surface area contributed by atoms with E-state index in [1.54, 1.807) is 19.2 Å². The summed E-state index contributed by atoms with van der Waals surface area (Å²) in [7, 11) is 1.62. The van der Waals surface area contributed by atoms with Crippen LogP contribution < -0.4 is 14.4 Å². The third-order valence-electron chi connectivity index (χ3n) is 4.47. The van der Waals surface area contributed by atoms with E-state index in [1.807, 2.05) is 29.2 Å². The van der Waals surface area contributed by atoms with Gasteiger partial charge >= 0.3 is 0 Å². The fourth-order valence-corrected chi connectivity index (χ4v) is 2.95. The van der Waals surface area contributed by atoms with Gasteiger partial charge < -0.3 is 19.3 Å². The molecule has 2 aromatic rings. The summed E-state index contributed by atoms with van der Waals surface area (Å²) in [5.41, 5.74) is 0.987. The van der Waals surface area contributed by atoms with Crippen LogP contribution in [-0.2, 0) is 4.79 Å². The monoisotopic (exact) mass is 358 g/mol. The second kappa shape index (κ2) is 8.56. The number of halogens is 1. The van der Waals surface area contributed by atoms with E-state index < -0.39 is 0 Å². The van der Waals surface area contributed by atoms with Crippen LogP contribution in [-0.4, -0.2) is 50.7 Å². The predicted octanol–water partition coefficient (Wildman–Crippen LogP) is 2.95. The molecule has 6 heteroatoms. The number of amides is 1. The molecule has 1 aliphatic rings. The third-order valence-corrected chi connectivity index (χ3v) is 4.47. The molecule has 1 amide bonds. The van der Waals surface area contributed by atoms with Gasteiger partial charge in [-0.05, 0) is 48.5 Å². The van der Waals surface area contributed by atoms with E-state index in [2.05, 4.69) is 4.90 Å². The van der Waals surface area contributed by atoms with Crippen molar-refractivity contribution in [3.8, 4) is 11.5 Å². The number of benzene rings is 2. The molecule has 1 saturated heterocycles. The molecule has 0 aliphatic carbocycles. The highest BCUT2D eigenvalue weighted by Crippen LogP contribution is 2.18. The van der Waals surface area contributed by atoms with Crippen LogP contribution in [0.2, 0.25) is 0 Å². The lowest BCUT2D eigenvalue weighted by Gasteiger charge is -2.36. The van der Waals surface area contributed by atoms with Crippen LogP contribution in [0.5, 0.6) is 11.5 Å². The van der Waals surface area contributed by atoms with Crippen molar-refractivity contribution in [3.63, 3.8) is 0 Å². The van der Waals surface area contributed by atoms with Gasteiger partial charge in [-0.25, -0.2) is 4.39 Å². The van der Waals surface area contributed by atoms with Crippen molar-refractivity contribution in [3.05, 3.63) is 54.3 Å². The first-order valence-electron chi connectivity index (χ1n) is 8.71. The third kappa shape index (κ3) is 4.65. The summed E-state index contributed by atoms with van der Waals surface area (Å²) in [5, 5.41) is 0. The van der Waals surface area contributed by atoms with Crippen molar-refractivity contribution in [1.29, 1.82) is 0 Å². The summed E-state index contributed by atoms with van der Waals surface area (Å²) in [5.74, 6) is 1.35. The van der Waals surface area contributed by atoms with E-state index in [0.29, 0.717) is 26.1 Å². The van der Waals surface area contributed by atoms with Gasteiger partial charge in [0.25, 0.3) is 0 Å². The molecule has 26 heavy (non-hydrogen) atoms. The minimum Gasteiger partial charge on any atom is -0.497 e. The molecular weight excluding hydrogens is 335 g/mol. The average Bonchev–Trinajstić information content (AvgIpc) is 2.69. The van der Waals surface area contributed by atoms with Crippen LogP contribution in [0, 0.1) is 5.82 Å². The molecule has 1 heterocycles. The quantitative estimate of drug-likeness (QED) is 0.796. The molecule has 0 saturated carbocycles. The molecule has 0 atom stereocenters. The van der Waals surface area contributed by atoms with Crippen molar-refractivity contribution in [1.82, 2.24) is 4.90 Å². The van der Waals surface area contributed by atoms with Crippen molar-refractivity contribution >= 4 is 11.6 Å². The minimum absolute atomic E-state index is 0.0947. The number of hydrogen-bond donors (Lipinski definition) is 0. The van der Waals surface area contributed by atoms with Crippen molar-refractivity contribution in [2.45, 2.75) is 6.42 Å². The molecule has 0 unspecified atom stereocenters. The molecule has 1 fully saturated rings. The Hall–Kier alpha value is -2.76. The lowest BCUT2D eigenvalue weighted by Crippen LogP contribution is -2.49. The smallest absolute Gasteiger partial charge is 0.226 e. The van der Waals surface area contributed by atoms with E-state index in [1.165, 1.54) is 12.1 Å². The summed E-state index contributed by atoms with van der Waals surface area (Å²) in [6.45, 7) is 3.17. The first kappa shape index (κ1) is 18.0. The highest BCUT2D eigenvalue weighted by atomic mass is 19.1. The average molecular weight is 358 g/mol. The first-order valence-corrected chi connectivity index (χ1v) is 8.71. The Morgan fingerprint density at radius 3 is 2.19 bits per heavy atom. The zero-order chi connectivity index (χ0) is 18.4. The summed E-state index contributed by atoms with van der Waals surface area (Å²) >= 11 is 0. The number of piperazine rings is 1. The van der Waals surface area contributed by atoms with Crippen LogP contribution in [0.15, 0.2) is 48.5 Å². The molecule has 1 aliphatic heterocycles. The predicted molar refractivity (Wildman–Crippen MR) is 98.3 cm³/mol. The Kier molecular flexibility index (Phi) is 5.94. The number of hydrogen-bond acceptors (Lipinski definition) is 4. The maximum Gasteiger partial charge on any atom is 0.226 e. The van der Waals surface area contributed by atoms with E-state index in [0.717, 1.165) is 30.3 Å². The second-order valence-corrected chi connectivity index (χ2v) is 6.12. The Labute approximate surface area is 152 Å². The number of nitrogens with zero attached hydrogens (tertiary/aromatic N) is 2. The van der Waals surface area contributed by atoms with Gasteiger partial charge in [0.15, 0.2) is 0 Å². The number of rotatable bonds is 6. The molecule has 0 spiro atoms. The standard InChI is InChI=1S/C20H23FN2O3/c1-25-18-6-8-19(9-7-18)26-15-10-20(24)23-13-11-22(12-14-23)17-4-2-16(21)3-5-17/h2-9H,10-15H2,1H3. The Bertz CT molecular complexity index is 711. The molecule has 0 N–H and O–H groups in total. The molecule has 0 bridgehead atoms. The van der Waals surface area contributed by atoms with E-state index in [9.17, 15) is 9.18 Å². The lowest BCUT2D eigenvalue weighted by atomic mass is 10.2. The number of carbonyl (C=O) groups excluding carboxylic acids is 1. The molecule has 0 radical (unpaired) electrons. The van der Waals surface area contributed by atoms with Gasteiger partial charge in [-0.15, -0.1) is 0 Å². The zero-order valence-corrected chi connectivity index (χ0v) is 14.9. The zero-order valence-electron chi connectivity index (χ0n) is 14.9. The summed E-state index contributed by atoms with van der Waals surface area (Å²) in [6.07, 6.45) is 0.350. The van der Waals surface area contributed by atoms with Crippen molar-refractivity contribution in [2.24, 2.45) is 0 Å².